The second-order valence-corrected chi connectivity index (χ2v) is 6.92. The zero-order valence-corrected chi connectivity index (χ0v) is 17.1. The lowest BCUT2D eigenvalue weighted by atomic mass is 10.1. The summed E-state index contributed by atoms with van der Waals surface area (Å²) < 4.78 is 10.6. The maximum atomic E-state index is 12.2. The molecule has 1 N–H and O–H groups in total. The lowest BCUT2D eigenvalue weighted by molar-refractivity contribution is -0.121. The number of benzene rings is 1. The second-order valence-electron chi connectivity index (χ2n) is 6.92. The Kier molecular flexibility index (Phi) is 7.63. The number of hydrogen-bond acceptors (Lipinski definition) is 7. The summed E-state index contributed by atoms with van der Waals surface area (Å²) in [6.07, 6.45) is 4.79. The number of nitrogens with one attached hydrogen (secondary N) is 1. The van der Waals surface area contributed by atoms with Gasteiger partial charge in [0, 0.05) is 58.1 Å². The summed E-state index contributed by atoms with van der Waals surface area (Å²) in [4.78, 5) is 25.3. The van der Waals surface area contributed by atoms with Crippen LogP contribution in [0, 0.1) is 0 Å². The highest BCUT2D eigenvalue weighted by Gasteiger charge is 2.19. The number of hydrogen-bond donors (Lipinski definition) is 1. The highest BCUT2D eigenvalue weighted by molar-refractivity contribution is 5.76. The smallest absolute Gasteiger partial charge is 0.225 e. The molecule has 0 spiro atoms. The van der Waals surface area contributed by atoms with Crippen LogP contribution in [0.25, 0.3) is 0 Å². The summed E-state index contributed by atoms with van der Waals surface area (Å²) >= 11 is 0. The molecule has 0 bridgehead atoms. The Morgan fingerprint density at radius 2 is 1.79 bits per heavy atom. The zero-order valence-electron chi connectivity index (χ0n) is 17.1. The molecule has 1 aromatic carbocycles. The molecule has 0 radical (unpaired) electrons. The molecule has 0 atom stereocenters. The number of rotatable bonds is 9. The van der Waals surface area contributed by atoms with Gasteiger partial charge in [-0.3, -0.25) is 9.69 Å². The Morgan fingerprint density at radius 3 is 2.48 bits per heavy atom. The van der Waals surface area contributed by atoms with Crippen LogP contribution >= 0.6 is 0 Å². The number of aromatic nitrogens is 2. The van der Waals surface area contributed by atoms with Gasteiger partial charge >= 0.3 is 0 Å². The molecule has 1 aliphatic rings. The maximum absolute atomic E-state index is 12.2. The summed E-state index contributed by atoms with van der Waals surface area (Å²) in [5.74, 6) is 2.27. The van der Waals surface area contributed by atoms with Gasteiger partial charge in [0.1, 0.15) is 0 Å². The van der Waals surface area contributed by atoms with Crippen molar-refractivity contribution < 1.29 is 14.3 Å². The Labute approximate surface area is 171 Å². The number of carbonyl (C=O) groups excluding carboxylic acids is 1. The van der Waals surface area contributed by atoms with Crippen molar-refractivity contribution in [1.29, 1.82) is 0 Å². The molecule has 1 saturated heterocycles. The van der Waals surface area contributed by atoms with Crippen LogP contribution in [0.2, 0.25) is 0 Å². The molecule has 1 fully saturated rings. The average molecular weight is 399 g/mol. The summed E-state index contributed by atoms with van der Waals surface area (Å²) in [7, 11) is 3.24. The van der Waals surface area contributed by atoms with Crippen molar-refractivity contribution >= 4 is 11.9 Å². The molecule has 1 aliphatic heterocycles. The SMILES string of the molecule is COc1ccc(CCNC(=O)CCN2CCN(c3ncccn3)CC2)cc1OC. The van der Waals surface area contributed by atoms with Crippen molar-refractivity contribution in [3.05, 3.63) is 42.2 Å². The van der Waals surface area contributed by atoms with Gasteiger partial charge in [-0.15, -0.1) is 0 Å². The third-order valence-corrected chi connectivity index (χ3v) is 5.05. The normalized spacial score (nSPS) is 14.5. The first-order valence-corrected chi connectivity index (χ1v) is 9.91. The third kappa shape index (κ3) is 6.05. The molecule has 0 unspecified atom stereocenters. The van der Waals surface area contributed by atoms with Crippen LogP contribution in [0.5, 0.6) is 11.5 Å². The Morgan fingerprint density at radius 1 is 1.07 bits per heavy atom. The minimum atomic E-state index is 0.0827. The van der Waals surface area contributed by atoms with Crippen LogP contribution in [-0.4, -0.2) is 74.3 Å². The van der Waals surface area contributed by atoms with Crippen LogP contribution in [0.15, 0.2) is 36.7 Å². The lowest BCUT2D eigenvalue weighted by Crippen LogP contribution is -2.47. The number of piperazine rings is 1. The summed E-state index contributed by atoms with van der Waals surface area (Å²) in [5, 5.41) is 3.00. The van der Waals surface area contributed by atoms with Crippen LogP contribution in [0.3, 0.4) is 0 Å². The molecule has 8 heteroatoms. The molecule has 156 valence electrons. The van der Waals surface area contributed by atoms with Gasteiger partial charge in [-0.1, -0.05) is 6.07 Å². The molecule has 0 saturated carbocycles. The minimum absolute atomic E-state index is 0.0827. The van der Waals surface area contributed by atoms with E-state index in [1.807, 2.05) is 24.3 Å². The molecule has 1 aromatic heterocycles. The predicted molar refractivity (Wildman–Crippen MR) is 112 cm³/mol. The Bertz CT molecular complexity index is 779. The van der Waals surface area contributed by atoms with Crippen LogP contribution < -0.4 is 19.7 Å². The van der Waals surface area contributed by atoms with E-state index in [0.29, 0.717) is 24.5 Å². The molecule has 3 rings (SSSR count). The van der Waals surface area contributed by atoms with E-state index in [2.05, 4.69) is 25.1 Å². The number of anilines is 1. The van der Waals surface area contributed by atoms with Crippen LogP contribution in [-0.2, 0) is 11.2 Å². The first-order valence-electron chi connectivity index (χ1n) is 9.91. The van der Waals surface area contributed by atoms with Gasteiger partial charge in [-0.05, 0) is 30.2 Å². The number of methoxy groups -OCH3 is 2. The van der Waals surface area contributed by atoms with E-state index < -0.39 is 0 Å². The van der Waals surface area contributed by atoms with E-state index in [0.717, 1.165) is 50.7 Å². The van der Waals surface area contributed by atoms with Crippen molar-refractivity contribution in [2.24, 2.45) is 0 Å². The fourth-order valence-corrected chi connectivity index (χ4v) is 3.36. The number of nitrogens with zero attached hydrogens (tertiary/aromatic N) is 4. The van der Waals surface area contributed by atoms with Gasteiger partial charge in [-0.25, -0.2) is 9.97 Å². The van der Waals surface area contributed by atoms with Gasteiger partial charge in [0.15, 0.2) is 11.5 Å². The summed E-state index contributed by atoms with van der Waals surface area (Å²) in [5.41, 5.74) is 1.10. The lowest BCUT2D eigenvalue weighted by Gasteiger charge is -2.34. The first-order chi connectivity index (χ1) is 14.2. The van der Waals surface area contributed by atoms with Gasteiger partial charge in [-0.2, -0.15) is 0 Å². The molecule has 8 nitrogen and oxygen atoms in total. The van der Waals surface area contributed by atoms with E-state index in [4.69, 9.17) is 9.47 Å². The highest BCUT2D eigenvalue weighted by atomic mass is 16.5. The molecule has 2 heterocycles. The zero-order chi connectivity index (χ0) is 20.5. The summed E-state index contributed by atoms with van der Waals surface area (Å²) in [6.45, 7) is 4.96. The van der Waals surface area contributed by atoms with Gasteiger partial charge in [0.25, 0.3) is 0 Å². The van der Waals surface area contributed by atoms with Gasteiger partial charge in [0.2, 0.25) is 11.9 Å². The van der Waals surface area contributed by atoms with E-state index in [9.17, 15) is 4.79 Å². The molecular weight excluding hydrogens is 370 g/mol. The predicted octanol–water partition coefficient (Wildman–Crippen LogP) is 1.36. The second kappa shape index (κ2) is 10.6. The number of carbonyl (C=O) groups is 1. The Balaban J connectivity index is 1.33. The Hall–Kier alpha value is -2.87. The van der Waals surface area contributed by atoms with Crippen molar-refractivity contribution in [3.8, 4) is 11.5 Å². The van der Waals surface area contributed by atoms with Gasteiger partial charge < -0.3 is 19.7 Å². The standard InChI is InChI=1S/C21H29N5O3/c1-28-18-5-4-17(16-19(18)29-2)6-10-22-20(27)7-11-25-12-14-26(15-13-25)21-23-8-3-9-24-21/h3-5,8-9,16H,6-7,10-15H2,1-2H3,(H,22,27). The van der Waals surface area contributed by atoms with Gasteiger partial charge in [0.05, 0.1) is 14.2 Å². The molecule has 1 amide bonds. The molecular formula is C21H29N5O3. The summed E-state index contributed by atoms with van der Waals surface area (Å²) in [6, 6.07) is 7.64. The van der Waals surface area contributed by atoms with Crippen LogP contribution in [0.4, 0.5) is 5.95 Å². The van der Waals surface area contributed by atoms with Crippen molar-refractivity contribution in [2.45, 2.75) is 12.8 Å². The van der Waals surface area contributed by atoms with E-state index in [-0.39, 0.29) is 5.91 Å². The van der Waals surface area contributed by atoms with Crippen molar-refractivity contribution in [3.63, 3.8) is 0 Å². The maximum Gasteiger partial charge on any atom is 0.225 e. The number of amides is 1. The van der Waals surface area contributed by atoms with E-state index in [1.165, 1.54) is 0 Å². The fourth-order valence-electron chi connectivity index (χ4n) is 3.36. The highest BCUT2D eigenvalue weighted by Crippen LogP contribution is 2.27. The largest absolute Gasteiger partial charge is 0.493 e. The van der Waals surface area contributed by atoms with E-state index in [1.54, 1.807) is 26.6 Å². The topological polar surface area (TPSA) is 79.8 Å². The average Bonchev–Trinajstić information content (AvgIpc) is 2.78. The van der Waals surface area contributed by atoms with Crippen molar-refractivity contribution in [1.82, 2.24) is 20.2 Å². The quantitative estimate of drug-likeness (QED) is 0.682. The third-order valence-electron chi connectivity index (χ3n) is 5.05. The fraction of sp³-hybridized carbons (Fsp3) is 0.476. The van der Waals surface area contributed by atoms with E-state index >= 15 is 0 Å². The number of ether oxygens (including phenoxy) is 2. The molecule has 2 aromatic rings. The molecule has 29 heavy (non-hydrogen) atoms. The monoisotopic (exact) mass is 399 g/mol. The molecule has 0 aliphatic carbocycles. The first kappa shape index (κ1) is 20.9. The van der Waals surface area contributed by atoms with Crippen molar-refractivity contribution in [2.75, 3.05) is 58.4 Å². The van der Waals surface area contributed by atoms with Crippen LogP contribution in [0.1, 0.15) is 12.0 Å². The minimum Gasteiger partial charge on any atom is -0.493 e.